The van der Waals surface area contributed by atoms with Gasteiger partial charge in [0.2, 0.25) is 5.82 Å². The molecule has 0 aliphatic carbocycles. The lowest BCUT2D eigenvalue weighted by atomic mass is 10.1. The molecule has 2 heterocycles. The quantitative estimate of drug-likeness (QED) is 0.326. The van der Waals surface area contributed by atoms with Gasteiger partial charge >= 0.3 is 0 Å². The Kier molecular flexibility index (Phi) is 7.61. The van der Waals surface area contributed by atoms with E-state index in [1.54, 1.807) is 7.11 Å². The molecule has 4 rings (SSSR count). The van der Waals surface area contributed by atoms with Crippen molar-refractivity contribution >= 4 is 5.91 Å². The first kappa shape index (κ1) is 24.6. The first-order valence-electron chi connectivity index (χ1n) is 11.1. The first-order valence-corrected chi connectivity index (χ1v) is 11.1. The van der Waals surface area contributed by atoms with E-state index >= 15 is 0 Å². The van der Waals surface area contributed by atoms with Gasteiger partial charge in [0.25, 0.3) is 5.91 Å². The maximum absolute atomic E-state index is 11.2. The standard InChI is InChI=1S/C24H29N5O6/c1-14-3-5-15(6-4-14)12-34-17-8-7-16(18(9-17)33-2)10-26-11-19-20(30)21(31)24(35-19)29-13-27-23(28-29)22(25)32/h3-9,13,19-21,24,26,30-31H,10-12H2,1-2H3,(H2,25,32)/t19-,20-,21-,24-/m1/s1. The molecule has 4 atom stereocenters. The molecule has 1 amide bonds. The average molecular weight is 484 g/mol. The van der Waals surface area contributed by atoms with Gasteiger partial charge in [-0.05, 0) is 18.6 Å². The van der Waals surface area contributed by atoms with Gasteiger partial charge in [-0.1, -0.05) is 35.9 Å². The smallest absolute Gasteiger partial charge is 0.288 e. The summed E-state index contributed by atoms with van der Waals surface area (Å²) in [6, 6.07) is 13.8. The van der Waals surface area contributed by atoms with Crippen LogP contribution in [0.3, 0.4) is 0 Å². The summed E-state index contributed by atoms with van der Waals surface area (Å²) >= 11 is 0. The van der Waals surface area contributed by atoms with Gasteiger partial charge in [0, 0.05) is 24.7 Å². The summed E-state index contributed by atoms with van der Waals surface area (Å²) in [6.07, 6.45) is -2.88. The molecule has 1 aliphatic heterocycles. The van der Waals surface area contributed by atoms with Crippen molar-refractivity contribution in [3.63, 3.8) is 0 Å². The summed E-state index contributed by atoms with van der Waals surface area (Å²) in [5.74, 6) is 0.354. The minimum absolute atomic E-state index is 0.199. The number of nitrogens with two attached hydrogens (primary N) is 1. The van der Waals surface area contributed by atoms with E-state index in [0.717, 1.165) is 11.1 Å². The minimum atomic E-state index is -1.25. The molecular weight excluding hydrogens is 454 g/mol. The molecule has 35 heavy (non-hydrogen) atoms. The summed E-state index contributed by atoms with van der Waals surface area (Å²) in [4.78, 5) is 15.0. The van der Waals surface area contributed by atoms with Crippen molar-refractivity contribution < 1.29 is 29.2 Å². The number of nitrogens with zero attached hydrogens (tertiary/aromatic N) is 3. The Morgan fingerprint density at radius 2 is 1.97 bits per heavy atom. The highest BCUT2D eigenvalue weighted by Crippen LogP contribution is 2.29. The molecule has 1 saturated heterocycles. The number of amides is 1. The number of methoxy groups -OCH3 is 1. The highest BCUT2D eigenvalue weighted by Gasteiger charge is 2.44. The highest BCUT2D eigenvalue weighted by atomic mass is 16.6. The summed E-state index contributed by atoms with van der Waals surface area (Å²) < 4.78 is 18.3. The zero-order valence-electron chi connectivity index (χ0n) is 19.5. The Morgan fingerprint density at radius 1 is 1.20 bits per heavy atom. The maximum Gasteiger partial charge on any atom is 0.288 e. The van der Waals surface area contributed by atoms with E-state index < -0.39 is 30.4 Å². The van der Waals surface area contributed by atoms with Gasteiger partial charge in [0.05, 0.1) is 7.11 Å². The molecule has 11 nitrogen and oxygen atoms in total. The number of aliphatic hydroxyl groups excluding tert-OH is 2. The summed E-state index contributed by atoms with van der Waals surface area (Å²) in [5.41, 5.74) is 8.32. The van der Waals surface area contributed by atoms with E-state index in [-0.39, 0.29) is 12.4 Å². The third kappa shape index (κ3) is 5.77. The predicted molar refractivity (Wildman–Crippen MR) is 125 cm³/mol. The second-order valence-corrected chi connectivity index (χ2v) is 8.34. The molecule has 11 heteroatoms. The number of hydrogen-bond acceptors (Lipinski definition) is 9. The molecule has 1 aromatic heterocycles. The fourth-order valence-corrected chi connectivity index (χ4v) is 3.79. The average Bonchev–Trinajstić information content (AvgIpc) is 3.45. The van der Waals surface area contributed by atoms with Gasteiger partial charge in [0.1, 0.15) is 42.7 Å². The highest BCUT2D eigenvalue weighted by molar-refractivity contribution is 5.88. The second-order valence-electron chi connectivity index (χ2n) is 8.34. The molecule has 0 radical (unpaired) electrons. The Labute approximate surface area is 202 Å². The molecule has 186 valence electrons. The lowest BCUT2D eigenvalue weighted by Gasteiger charge is -2.16. The number of benzene rings is 2. The van der Waals surface area contributed by atoms with Crippen LogP contribution in [0.25, 0.3) is 0 Å². The number of aryl methyl sites for hydroxylation is 1. The second kappa shape index (κ2) is 10.8. The van der Waals surface area contributed by atoms with Gasteiger partial charge < -0.3 is 35.5 Å². The molecular formula is C24H29N5O6. The molecule has 1 aliphatic rings. The van der Waals surface area contributed by atoms with E-state index in [1.165, 1.54) is 16.6 Å². The van der Waals surface area contributed by atoms with Crippen LogP contribution in [-0.2, 0) is 17.9 Å². The van der Waals surface area contributed by atoms with Crippen LogP contribution in [0.15, 0.2) is 48.8 Å². The fraction of sp³-hybridized carbons (Fsp3) is 0.375. The van der Waals surface area contributed by atoms with Crippen molar-refractivity contribution in [2.75, 3.05) is 13.7 Å². The third-order valence-corrected chi connectivity index (χ3v) is 5.77. The van der Waals surface area contributed by atoms with Crippen molar-refractivity contribution in [3.8, 4) is 11.5 Å². The molecule has 0 bridgehead atoms. The van der Waals surface area contributed by atoms with Crippen molar-refractivity contribution in [2.24, 2.45) is 5.73 Å². The van der Waals surface area contributed by atoms with Crippen molar-refractivity contribution in [1.29, 1.82) is 0 Å². The lowest BCUT2D eigenvalue weighted by Crippen LogP contribution is -2.37. The van der Waals surface area contributed by atoms with Crippen LogP contribution < -0.4 is 20.5 Å². The van der Waals surface area contributed by atoms with Gasteiger partial charge in [-0.15, -0.1) is 5.10 Å². The van der Waals surface area contributed by atoms with Crippen LogP contribution in [-0.4, -0.2) is 62.9 Å². The molecule has 5 N–H and O–H groups in total. The Hall–Kier alpha value is -3.51. The number of hydrogen-bond donors (Lipinski definition) is 4. The molecule has 2 aromatic carbocycles. The molecule has 0 unspecified atom stereocenters. The van der Waals surface area contributed by atoms with Crippen molar-refractivity contribution in [2.45, 2.75) is 44.6 Å². The summed E-state index contributed by atoms with van der Waals surface area (Å²) in [7, 11) is 1.59. The Morgan fingerprint density at radius 3 is 2.66 bits per heavy atom. The molecule has 3 aromatic rings. The van der Waals surface area contributed by atoms with E-state index in [0.29, 0.717) is 24.7 Å². The molecule has 1 fully saturated rings. The Balaban J connectivity index is 1.31. The largest absolute Gasteiger partial charge is 0.496 e. The SMILES string of the molecule is COc1cc(OCc2ccc(C)cc2)ccc1CNC[C@H]1O[C@@H](n2cnc(C(N)=O)n2)[C@H](O)[C@@H]1O. The summed E-state index contributed by atoms with van der Waals surface area (Å²) in [6.45, 7) is 3.18. The normalized spacial score (nSPS) is 21.7. The van der Waals surface area contributed by atoms with Crippen LogP contribution in [0, 0.1) is 6.92 Å². The topological polar surface area (TPSA) is 154 Å². The maximum atomic E-state index is 11.2. The zero-order chi connectivity index (χ0) is 24.9. The van der Waals surface area contributed by atoms with Crippen LogP contribution in [0.2, 0.25) is 0 Å². The van der Waals surface area contributed by atoms with Gasteiger partial charge in [0.15, 0.2) is 6.23 Å². The van der Waals surface area contributed by atoms with Crippen molar-refractivity contribution in [1.82, 2.24) is 20.1 Å². The Bertz CT molecular complexity index is 1150. The van der Waals surface area contributed by atoms with Crippen LogP contribution in [0.5, 0.6) is 11.5 Å². The number of carbonyl (C=O) groups is 1. The number of carbonyl (C=O) groups excluding carboxylic acids is 1. The number of primary amides is 1. The number of nitrogens with one attached hydrogen (secondary N) is 1. The predicted octanol–water partition coefficient (Wildman–Crippen LogP) is 0.682. The summed E-state index contributed by atoms with van der Waals surface area (Å²) in [5, 5.41) is 27.9. The number of aliphatic hydroxyl groups is 2. The molecule has 0 saturated carbocycles. The van der Waals surface area contributed by atoms with E-state index in [9.17, 15) is 15.0 Å². The van der Waals surface area contributed by atoms with Crippen molar-refractivity contribution in [3.05, 3.63) is 71.3 Å². The number of aromatic nitrogens is 3. The number of rotatable bonds is 10. The van der Waals surface area contributed by atoms with E-state index in [1.807, 2.05) is 49.4 Å². The zero-order valence-corrected chi connectivity index (χ0v) is 19.5. The lowest BCUT2D eigenvalue weighted by molar-refractivity contribution is -0.0439. The van der Waals surface area contributed by atoms with Crippen LogP contribution >= 0.6 is 0 Å². The monoisotopic (exact) mass is 483 g/mol. The van der Waals surface area contributed by atoms with Gasteiger partial charge in [-0.3, -0.25) is 4.79 Å². The van der Waals surface area contributed by atoms with Gasteiger partial charge in [-0.2, -0.15) is 0 Å². The van der Waals surface area contributed by atoms with E-state index in [4.69, 9.17) is 19.9 Å². The van der Waals surface area contributed by atoms with Gasteiger partial charge in [-0.25, -0.2) is 9.67 Å². The fourth-order valence-electron chi connectivity index (χ4n) is 3.79. The number of ether oxygens (including phenoxy) is 3. The van der Waals surface area contributed by atoms with Crippen LogP contribution in [0.1, 0.15) is 33.5 Å². The first-order chi connectivity index (χ1) is 16.9. The minimum Gasteiger partial charge on any atom is -0.496 e. The third-order valence-electron chi connectivity index (χ3n) is 5.77. The molecule has 0 spiro atoms. The van der Waals surface area contributed by atoms with E-state index in [2.05, 4.69) is 15.4 Å². The van der Waals surface area contributed by atoms with Crippen LogP contribution in [0.4, 0.5) is 0 Å².